The van der Waals surface area contributed by atoms with Gasteiger partial charge in [-0.1, -0.05) is 32.0 Å². The fourth-order valence-corrected chi connectivity index (χ4v) is 4.44. The molecule has 1 aliphatic rings. The van der Waals surface area contributed by atoms with Crippen molar-refractivity contribution in [2.75, 3.05) is 32.2 Å². The molecule has 0 bridgehead atoms. The molecule has 1 aliphatic heterocycles. The molecular weight excluding hydrogens is 585 g/mol. The van der Waals surface area contributed by atoms with Gasteiger partial charge in [-0.3, -0.25) is 5.01 Å². The first-order chi connectivity index (χ1) is 16.6. The van der Waals surface area contributed by atoms with Crippen LogP contribution < -0.4 is 20.4 Å². The molecule has 0 saturated carbocycles. The molecule has 8 nitrogen and oxygen atoms in total. The highest BCUT2D eigenvalue weighted by Crippen LogP contribution is 2.35. The van der Waals surface area contributed by atoms with Crippen molar-refractivity contribution in [2.24, 2.45) is 0 Å². The first-order valence-corrected chi connectivity index (χ1v) is 12.9. The summed E-state index contributed by atoms with van der Waals surface area (Å²) in [6, 6.07) is 13.9. The number of hydrogen-bond donors (Lipinski definition) is 5. The van der Waals surface area contributed by atoms with Gasteiger partial charge < -0.3 is 30.2 Å². The van der Waals surface area contributed by atoms with Crippen LogP contribution in [0.25, 0.3) is 0 Å². The van der Waals surface area contributed by atoms with Crippen LogP contribution in [-0.2, 0) is 5.41 Å². The molecule has 0 aliphatic carbocycles. The first-order valence-electron chi connectivity index (χ1n) is 11.3. The molecule has 0 aromatic heterocycles. The van der Waals surface area contributed by atoms with Gasteiger partial charge in [0.1, 0.15) is 36.9 Å². The molecule has 0 radical (unpaired) electrons. The first kappa shape index (κ1) is 27.8. The third-order valence-electron chi connectivity index (χ3n) is 5.96. The van der Waals surface area contributed by atoms with Crippen molar-refractivity contribution in [1.29, 1.82) is 0 Å². The van der Waals surface area contributed by atoms with E-state index in [2.05, 4.69) is 53.5 Å². The largest absolute Gasteiger partial charge is 0.491 e. The Morgan fingerprint density at radius 2 is 1.69 bits per heavy atom. The molecule has 2 aromatic carbocycles. The van der Waals surface area contributed by atoms with Crippen molar-refractivity contribution in [3.63, 3.8) is 0 Å². The van der Waals surface area contributed by atoms with Crippen molar-refractivity contribution in [3.8, 4) is 11.5 Å². The Balaban J connectivity index is 1.59. The Morgan fingerprint density at radius 3 is 2.31 bits per heavy atom. The molecule has 35 heavy (non-hydrogen) atoms. The maximum atomic E-state index is 10.4. The highest BCUT2D eigenvalue weighted by Gasteiger charge is 2.25. The second-order valence-corrected chi connectivity index (χ2v) is 10.4. The van der Waals surface area contributed by atoms with Crippen LogP contribution in [0, 0.1) is 3.57 Å². The number of allylic oxidation sites excluding steroid dienone is 1. The van der Waals surface area contributed by atoms with Gasteiger partial charge in [-0.15, -0.1) is 17.1 Å². The standard InChI is InChI=1S/C25H33ClIN3O5/c1-16-23(13-31)30(29-28-16)12-20(33)15-34-21-7-4-17(5-8-21)25(2,3)18-6-9-24(22(27)10-18)35-14-19(32)11-26/h4-10,19-20,28-29,31-33H,11-15H2,1-3H3. The van der Waals surface area contributed by atoms with Crippen molar-refractivity contribution in [2.45, 2.75) is 38.4 Å². The van der Waals surface area contributed by atoms with E-state index in [-0.39, 0.29) is 37.7 Å². The Morgan fingerprint density at radius 1 is 1.03 bits per heavy atom. The predicted molar refractivity (Wildman–Crippen MR) is 144 cm³/mol. The van der Waals surface area contributed by atoms with Crippen LogP contribution >= 0.6 is 34.2 Å². The number of hydrogen-bond acceptors (Lipinski definition) is 8. The Hall–Kier alpha value is -1.76. The van der Waals surface area contributed by atoms with Gasteiger partial charge in [0.2, 0.25) is 0 Å². The minimum absolute atomic E-state index is 0.122. The number of hydrazine groups is 2. The van der Waals surface area contributed by atoms with E-state index >= 15 is 0 Å². The lowest BCUT2D eigenvalue weighted by Gasteiger charge is -2.27. The van der Waals surface area contributed by atoms with Crippen LogP contribution in [0.2, 0.25) is 0 Å². The maximum Gasteiger partial charge on any atom is 0.132 e. The third-order valence-corrected chi connectivity index (χ3v) is 7.16. The smallest absolute Gasteiger partial charge is 0.132 e. The molecule has 0 saturated heterocycles. The minimum Gasteiger partial charge on any atom is -0.491 e. The average molecular weight is 618 g/mol. The molecule has 192 valence electrons. The van der Waals surface area contributed by atoms with E-state index in [1.165, 1.54) is 0 Å². The summed E-state index contributed by atoms with van der Waals surface area (Å²) in [6.45, 7) is 6.58. The Labute approximate surface area is 225 Å². The summed E-state index contributed by atoms with van der Waals surface area (Å²) in [7, 11) is 0. The van der Waals surface area contributed by atoms with Gasteiger partial charge in [0.15, 0.2) is 0 Å². The summed E-state index contributed by atoms with van der Waals surface area (Å²) in [5, 5.41) is 31.1. The van der Waals surface area contributed by atoms with Crippen LogP contribution in [0.1, 0.15) is 31.9 Å². The monoisotopic (exact) mass is 617 g/mol. The zero-order valence-corrected chi connectivity index (χ0v) is 23.0. The quantitative estimate of drug-likeness (QED) is 0.183. The zero-order valence-electron chi connectivity index (χ0n) is 20.1. The van der Waals surface area contributed by atoms with Gasteiger partial charge in [-0.05, 0) is 64.9 Å². The van der Waals surface area contributed by atoms with Crippen molar-refractivity contribution in [3.05, 3.63) is 68.6 Å². The van der Waals surface area contributed by atoms with Crippen LogP contribution in [0.15, 0.2) is 53.9 Å². The second-order valence-electron chi connectivity index (χ2n) is 8.96. The molecule has 3 rings (SSSR count). The summed E-state index contributed by atoms with van der Waals surface area (Å²) in [4.78, 5) is 0. The molecule has 0 spiro atoms. The normalized spacial score (nSPS) is 15.7. The van der Waals surface area contributed by atoms with Gasteiger partial charge in [-0.25, -0.2) is 0 Å². The SMILES string of the molecule is CC1=C(CO)N(CC(O)COc2ccc(C(C)(C)c3ccc(OCC(O)CCl)c(I)c3)cc2)NN1. The molecule has 10 heteroatoms. The molecular formula is C25H33ClIN3O5. The number of nitrogens with zero attached hydrogens (tertiary/aromatic N) is 1. The summed E-state index contributed by atoms with van der Waals surface area (Å²) in [5.74, 6) is 1.52. The summed E-state index contributed by atoms with van der Waals surface area (Å²) < 4.78 is 12.4. The van der Waals surface area contributed by atoms with Crippen LogP contribution in [-0.4, -0.2) is 64.8 Å². The van der Waals surface area contributed by atoms with E-state index < -0.39 is 12.2 Å². The van der Waals surface area contributed by atoms with Gasteiger partial charge in [0.05, 0.1) is 28.3 Å². The maximum absolute atomic E-state index is 10.4. The fourth-order valence-electron chi connectivity index (χ4n) is 3.68. The molecule has 2 unspecified atom stereocenters. The van der Waals surface area contributed by atoms with E-state index in [1.54, 1.807) is 5.01 Å². The molecule has 1 heterocycles. The number of ether oxygens (including phenoxy) is 2. The van der Waals surface area contributed by atoms with Crippen LogP contribution in [0.5, 0.6) is 11.5 Å². The van der Waals surface area contributed by atoms with E-state index in [4.69, 9.17) is 21.1 Å². The van der Waals surface area contributed by atoms with Crippen LogP contribution in [0.3, 0.4) is 0 Å². The van der Waals surface area contributed by atoms with Crippen LogP contribution in [0.4, 0.5) is 0 Å². The van der Waals surface area contributed by atoms with E-state index in [0.717, 1.165) is 20.4 Å². The van der Waals surface area contributed by atoms with E-state index in [1.807, 2.05) is 43.3 Å². The highest BCUT2D eigenvalue weighted by molar-refractivity contribution is 14.1. The number of halogens is 2. The van der Waals surface area contributed by atoms with Gasteiger partial charge in [0, 0.05) is 11.1 Å². The summed E-state index contributed by atoms with van der Waals surface area (Å²) in [5.41, 5.74) is 9.33. The highest BCUT2D eigenvalue weighted by atomic mass is 127. The second kappa shape index (κ2) is 12.5. The Bertz CT molecular complexity index is 1020. The number of alkyl halides is 1. The number of β-amino-alcohol motifs (C(OH)–C–C–N with tert-alkyl or cyclic N) is 1. The minimum atomic E-state index is -0.749. The van der Waals surface area contributed by atoms with E-state index in [9.17, 15) is 15.3 Å². The summed E-state index contributed by atoms with van der Waals surface area (Å²) in [6.07, 6.45) is -1.44. The fraction of sp³-hybridized carbons (Fsp3) is 0.440. The number of aliphatic hydroxyl groups excluding tert-OH is 3. The number of benzene rings is 2. The molecule has 2 aromatic rings. The molecule has 5 N–H and O–H groups in total. The number of rotatable bonds is 12. The van der Waals surface area contributed by atoms with Gasteiger partial charge in [0.25, 0.3) is 0 Å². The van der Waals surface area contributed by atoms with Gasteiger partial charge >= 0.3 is 0 Å². The van der Waals surface area contributed by atoms with Gasteiger partial charge in [-0.2, -0.15) is 0 Å². The lowest BCUT2D eigenvalue weighted by Crippen LogP contribution is -2.44. The lowest BCUT2D eigenvalue weighted by molar-refractivity contribution is 0.0599. The molecule has 2 atom stereocenters. The molecule has 0 fully saturated rings. The van der Waals surface area contributed by atoms with E-state index in [0.29, 0.717) is 17.2 Å². The topological polar surface area (TPSA) is 106 Å². The third kappa shape index (κ3) is 7.14. The Kier molecular flexibility index (Phi) is 9.91. The number of nitrogens with one attached hydrogen (secondary N) is 2. The average Bonchev–Trinajstić information content (AvgIpc) is 3.20. The zero-order chi connectivity index (χ0) is 25.6. The summed E-state index contributed by atoms with van der Waals surface area (Å²) >= 11 is 7.87. The van der Waals surface area contributed by atoms with Crippen molar-refractivity contribution in [1.82, 2.24) is 16.0 Å². The molecule has 0 amide bonds. The lowest BCUT2D eigenvalue weighted by atomic mass is 9.78. The predicted octanol–water partition coefficient (Wildman–Crippen LogP) is 2.88. The number of aliphatic hydroxyl groups is 3. The van der Waals surface area contributed by atoms with Crippen molar-refractivity contribution < 1.29 is 24.8 Å². The van der Waals surface area contributed by atoms with Crippen molar-refractivity contribution >= 4 is 34.2 Å².